The van der Waals surface area contributed by atoms with Crippen LogP contribution in [0.25, 0.3) is 11.0 Å². The van der Waals surface area contributed by atoms with Gasteiger partial charge in [-0.1, -0.05) is 12.1 Å². The highest BCUT2D eigenvalue weighted by molar-refractivity contribution is 5.92. The van der Waals surface area contributed by atoms with Gasteiger partial charge in [-0.25, -0.2) is 9.78 Å². The van der Waals surface area contributed by atoms with Crippen LogP contribution in [-0.2, 0) is 12.7 Å². The standard InChI is InChI=1S/C16H12F3N3O2/c17-16(18,19)11-4-1-9(2-5-11)8-20-15-21-12-6-3-10(14(23)24)7-13(12)22-15/h1-7H,8H2,(H,23,24)(H2,20,21,22). The molecule has 124 valence electrons. The predicted molar refractivity (Wildman–Crippen MR) is 81.8 cm³/mol. The van der Waals surface area contributed by atoms with Gasteiger partial charge >= 0.3 is 12.1 Å². The third kappa shape index (κ3) is 3.32. The van der Waals surface area contributed by atoms with Crippen molar-refractivity contribution in [3.63, 3.8) is 0 Å². The molecule has 3 aromatic rings. The van der Waals surface area contributed by atoms with Crippen molar-refractivity contribution in [2.45, 2.75) is 12.7 Å². The van der Waals surface area contributed by atoms with E-state index in [-0.39, 0.29) is 12.1 Å². The number of fused-ring (bicyclic) bond motifs is 1. The lowest BCUT2D eigenvalue weighted by Gasteiger charge is -2.08. The summed E-state index contributed by atoms with van der Waals surface area (Å²) >= 11 is 0. The van der Waals surface area contributed by atoms with Crippen molar-refractivity contribution >= 4 is 23.0 Å². The molecule has 0 bridgehead atoms. The highest BCUT2D eigenvalue weighted by atomic mass is 19.4. The highest BCUT2D eigenvalue weighted by Gasteiger charge is 2.29. The second kappa shape index (κ2) is 5.88. The number of nitrogens with one attached hydrogen (secondary N) is 2. The molecule has 0 aliphatic heterocycles. The Labute approximate surface area is 134 Å². The van der Waals surface area contributed by atoms with Crippen LogP contribution in [0.1, 0.15) is 21.5 Å². The number of aromatic nitrogens is 2. The summed E-state index contributed by atoms with van der Waals surface area (Å²) in [5.41, 5.74) is 1.26. The molecule has 0 saturated carbocycles. The normalized spacial score (nSPS) is 11.6. The Hall–Kier alpha value is -3.03. The minimum absolute atomic E-state index is 0.139. The van der Waals surface area contributed by atoms with Crippen LogP contribution in [0.3, 0.4) is 0 Å². The smallest absolute Gasteiger partial charge is 0.416 e. The van der Waals surface area contributed by atoms with Crippen LogP contribution in [-0.4, -0.2) is 21.0 Å². The van der Waals surface area contributed by atoms with Crippen LogP contribution in [0, 0.1) is 0 Å². The number of aromatic amines is 1. The fourth-order valence-corrected chi connectivity index (χ4v) is 2.22. The molecular formula is C16H12F3N3O2. The van der Waals surface area contributed by atoms with E-state index in [0.29, 0.717) is 22.5 Å². The number of imidazole rings is 1. The molecule has 0 fully saturated rings. The molecule has 0 spiro atoms. The maximum absolute atomic E-state index is 12.5. The number of carboxylic acids is 1. The number of anilines is 1. The molecule has 1 aromatic heterocycles. The van der Waals surface area contributed by atoms with Crippen LogP contribution in [0.15, 0.2) is 42.5 Å². The Bertz CT molecular complexity index is 886. The number of aromatic carboxylic acids is 1. The molecule has 3 rings (SSSR count). The molecule has 1 heterocycles. The van der Waals surface area contributed by atoms with Crippen molar-refractivity contribution in [2.24, 2.45) is 0 Å². The summed E-state index contributed by atoms with van der Waals surface area (Å²) in [4.78, 5) is 18.1. The molecule has 0 unspecified atom stereocenters. The van der Waals surface area contributed by atoms with Gasteiger partial charge in [-0.05, 0) is 35.9 Å². The summed E-state index contributed by atoms with van der Waals surface area (Å²) in [7, 11) is 0. The summed E-state index contributed by atoms with van der Waals surface area (Å²) < 4.78 is 37.5. The molecule has 0 aliphatic rings. The highest BCUT2D eigenvalue weighted by Crippen LogP contribution is 2.29. The van der Waals surface area contributed by atoms with Crippen LogP contribution in [0.4, 0.5) is 19.1 Å². The number of carbonyl (C=O) groups is 1. The van der Waals surface area contributed by atoms with E-state index in [2.05, 4.69) is 15.3 Å². The minimum atomic E-state index is -4.35. The Morgan fingerprint density at radius 2 is 1.88 bits per heavy atom. The number of alkyl halides is 3. The van der Waals surface area contributed by atoms with Gasteiger partial charge in [0.25, 0.3) is 0 Å². The number of nitrogens with zero attached hydrogens (tertiary/aromatic N) is 1. The van der Waals surface area contributed by atoms with Gasteiger partial charge in [0.15, 0.2) is 0 Å². The third-order valence-electron chi connectivity index (χ3n) is 3.47. The Morgan fingerprint density at radius 3 is 2.50 bits per heavy atom. The number of rotatable bonds is 4. The maximum atomic E-state index is 12.5. The van der Waals surface area contributed by atoms with Crippen LogP contribution < -0.4 is 5.32 Å². The summed E-state index contributed by atoms with van der Waals surface area (Å²) in [5, 5.41) is 11.9. The number of H-pyrrole nitrogens is 1. The Kier molecular flexibility index (Phi) is 3.88. The molecule has 0 atom stereocenters. The average Bonchev–Trinajstić information content (AvgIpc) is 2.94. The fourth-order valence-electron chi connectivity index (χ4n) is 2.22. The minimum Gasteiger partial charge on any atom is -0.478 e. The van der Waals surface area contributed by atoms with Gasteiger partial charge in [-0.3, -0.25) is 0 Å². The number of benzene rings is 2. The van der Waals surface area contributed by atoms with E-state index in [1.165, 1.54) is 24.3 Å². The lowest BCUT2D eigenvalue weighted by Crippen LogP contribution is -2.06. The topological polar surface area (TPSA) is 78.0 Å². The summed E-state index contributed by atoms with van der Waals surface area (Å²) in [6.45, 7) is 0.281. The quantitative estimate of drug-likeness (QED) is 0.676. The zero-order valence-corrected chi connectivity index (χ0v) is 12.2. The molecular weight excluding hydrogens is 323 g/mol. The first kappa shape index (κ1) is 15.9. The number of halogens is 3. The molecule has 0 aliphatic carbocycles. The van der Waals surface area contributed by atoms with Crippen molar-refractivity contribution in [2.75, 3.05) is 5.32 Å². The second-order valence-electron chi connectivity index (χ2n) is 5.17. The first-order valence-corrected chi connectivity index (χ1v) is 6.96. The number of carboxylic acid groups (broad SMARTS) is 1. The van der Waals surface area contributed by atoms with Crippen molar-refractivity contribution in [1.82, 2.24) is 9.97 Å². The first-order chi connectivity index (χ1) is 11.3. The summed E-state index contributed by atoms with van der Waals surface area (Å²) in [5.74, 6) is -0.627. The van der Waals surface area contributed by atoms with Gasteiger partial charge < -0.3 is 15.4 Å². The van der Waals surface area contributed by atoms with E-state index in [9.17, 15) is 18.0 Å². The van der Waals surface area contributed by atoms with Gasteiger partial charge in [0.05, 0.1) is 22.2 Å². The third-order valence-corrected chi connectivity index (χ3v) is 3.47. The monoisotopic (exact) mass is 335 g/mol. The molecule has 2 aromatic carbocycles. The lowest BCUT2D eigenvalue weighted by atomic mass is 10.1. The fraction of sp³-hybridized carbons (Fsp3) is 0.125. The van der Waals surface area contributed by atoms with E-state index < -0.39 is 17.7 Å². The SMILES string of the molecule is O=C(O)c1ccc2nc(NCc3ccc(C(F)(F)F)cc3)[nH]c2c1. The number of hydrogen-bond acceptors (Lipinski definition) is 3. The summed E-state index contributed by atoms with van der Waals surface area (Å²) in [6, 6.07) is 9.32. The number of hydrogen-bond donors (Lipinski definition) is 3. The van der Waals surface area contributed by atoms with Gasteiger partial charge in [0.2, 0.25) is 5.95 Å². The first-order valence-electron chi connectivity index (χ1n) is 6.96. The van der Waals surface area contributed by atoms with E-state index >= 15 is 0 Å². The van der Waals surface area contributed by atoms with E-state index in [1.54, 1.807) is 6.07 Å². The van der Waals surface area contributed by atoms with Crippen LogP contribution in [0.5, 0.6) is 0 Å². The Morgan fingerprint density at radius 1 is 1.17 bits per heavy atom. The Balaban J connectivity index is 1.72. The zero-order valence-electron chi connectivity index (χ0n) is 12.2. The lowest BCUT2D eigenvalue weighted by molar-refractivity contribution is -0.137. The van der Waals surface area contributed by atoms with Crippen molar-refractivity contribution in [3.8, 4) is 0 Å². The van der Waals surface area contributed by atoms with Gasteiger partial charge in [-0.2, -0.15) is 13.2 Å². The van der Waals surface area contributed by atoms with Crippen molar-refractivity contribution in [3.05, 3.63) is 59.2 Å². The van der Waals surface area contributed by atoms with Gasteiger partial charge in [-0.15, -0.1) is 0 Å². The molecule has 5 nitrogen and oxygen atoms in total. The molecule has 24 heavy (non-hydrogen) atoms. The largest absolute Gasteiger partial charge is 0.478 e. The van der Waals surface area contributed by atoms with Crippen LogP contribution >= 0.6 is 0 Å². The predicted octanol–water partition coefficient (Wildman–Crippen LogP) is 3.89. The van der Waals surface area contributed by atoms with Gasteiger partial charge in [0, 0.05) is 6.54 Å². The van der Waals surface area contributed by atoms with Crippen molar-refractivity contribution in [1.29, 1.82) is 0 Å². The molecule has 3 N–H and O–H groups in total. The molecule has 0 saturated heterocycles. The van der Waals surface area contributed by atoms with E-state index in [0.717, 1.165) is 12.1 Å². The second-order valence-corrected chi connectivity index (χ2v) is 5.17. The average molecular weight is 335 g/mol. The summed E-state index contributed by atoms with van der Waals surface area (Å²) in [6.07, 6.45) is -4.35. The van der Waals surface area contributed by atoms with Gasteiger partial charge in [0.1, 0.15) is 0 Å². The molecule has 0 radical (unpaired) electrons. The maximum Gasteiger partial charge on any atom is 0.416 e. The molecule has 8 heteroatoms. The van der Waals surface area contributed by atoms with Crippen molar-refractivity contribution < 1.29 is 23.1 Å². The van der Waals surface area contributed by atoms with E-state index in [4.69, 9.17) is 5.11 Å². The van der Waals surface area contributed by atoms with E-state index in [1.807, 2.05) is 0 Å². The molecule has 0 amide bonds. The zero-order chi connectivity index (χ0) is 17.3. The van der Waals surface area contributed by atoms with Crippen LogP contribution in [0.2, 0.25) is 0 Å².